The zero-order valence-corrected chi connectivity index (χ0v) is 9.94. The molecule has 1 saturated heterocycles. The summed E-state index contributed by atoms with van der Waals surface area (Å²) >= 11 is 0. The van der Waals surface area contributed by atoms with Gasteiger partial charge in [-0.1, -0.05) is 0 Å². The fraction of sp³-hybridized carbons (Fsp3) is 0.750. The molecule has 17 heavy (non-hydrogen) atoms. The minimum atomic E-state index is -0.780. The topological polar surface area (TPSA) is 70.4 Å². The van der Waals surface area contributed by atoms with Crippen molar-refractivity contribution in [2.45, 2.75) is 25.7 Å². The first kappa shape index (κ1) is 11.9. The summed E-state index contributed by atoms with van der Waals surface area (Å²) in [6, 6.07) is 2.10. The molecule has 0 aromatic rings. The molecular weight excluding hydrogens is 220 g/mol. The van der Waals surface area contributed by atoms with Gasteiger partial charge in [-0.15, -0.1) is 0 Å². The molecule has 0 aromatic heterocycles. The van der Waals surface area contributed by atoms with Crippen molar-refractivity contribution >= 4 is 11.9 Å². The number of carbonyl (C=O) groups is 2. The summed E-state index contributed by atoms with van der Waals surface area (Å²) in [5, 5.41) is 8.99. The highest BCUT2D eigenvalue weighted by Crippen LogP contribution is 2.46. The minimum absolute atomic E-state index is 0.103. The number of piperidine rings is 1. The van der Waals surface area contributed by atoms with Crippen LogP contribution in [0.15, 0.2) is 0 Å². The smallest absolute Gasteiger partial charge is 0.310 e. The van der Waals surface area contributed by atoms with Gasteiger partial charge in [-0.25, -0.2) is 0 Å². The second-order valence-electron chi connectivity index (χ2n) is 4.81. The number of esters is 1. The average Bonchev–Trinajstić information content (AvgIpc) is 3.18. The number of methoxy groups -OCH3 is 1. The van der Waals surface area contributed by atoms with Crippen LogP contribution in [0.5, 0.6) is 0 Å². The van der Waals surface area contributed by atoms with Gasteiger partial charge in [-0.05, 0) is 25.7 Å². The van der Waals surface area contributed by atoms with Crippen LogP contribution in [0.2, 0.25) is 0 Å². The lowest BCUT2D eigenvalue weighted by atomic mass is 9.96. The van der Waals surface area contributed by atoms with Gasteiger partial charge in [0.2, 0.25) is 5.91 Å². The molecule has 2 fully saturated rings. The monoisotopic (exact) mass is 236 g/mol. The van der Waals surface area contributed by atoms with E-state index >= 15 is 0 Å². The summed E-state index contributed by atoms with van der Waals surface area (Å²) < 4.78 is 4.70. The van der Waals surface area contributed by atoms with Crippen molar-refractivity contribution < 1.29 is 14.3 Å². The van der Waals surface area contributed by atoms with Crippen LogP contribution in [0.3, 0.4) is 0 Å². The lowest BCUT2D eigenvalue weighted by molar-refractivity contribution is -0.149. The highest BCUT2D eigenvalue weighted by molar-refractivity contribution is 5.88. The van der Waals surface area contributed by atoms with E-state index in [1.54, 1.807) is 4.90 Å². The highest BCUT2D eigenvalue weighted by atomic mass is 16.5. The van der Waals surface area contributed by atoms with Crippen molar-refractivity contribution in [3.63, 3.8) is 0 Å². The Bertz CT molecular complexity index is 382. The zero-order chi connectivity index (χ0) is 12.5. The van der Waals surface area contributed by atoms with Crippen molar-refractivity contribution in [1.29, 1.82) is 5.26 Å². The number of hydrogen-bond acceptors (Lipinski definition) is 4. The number of ether oxygens (including phenoxy) is 1. The molecule has 92 valence electrons. The van der Waals surface area contributed by atoms with Gasteiger partial charge in [0.05, 0.1) is 19.1 Å². The molecule has 5 heteroatoms. The molecular formula is C12H16N2O3. The number of hydrogen-bond donors (Lipinski definition) is 0. The van der Waals surface area contributed by atoms with Crippen LogP contribution in [0.25, 0.3) is 0 Å². The maximum absolute atomic E-state index is 12.1. The van der Waals surface area contributed by atoms with Crippen LogP contribution < -0.4 is 0 Å². The molecule has 0 aromatic carbocycles. The van der Waals surface area contributed by atoms with Crippen LogP contribution in [0, 0.1) is 22.7 Å². The van der Waals surface area contributed by atoms with Crippen molar-refractivity contribution in [3.05, 3.63) is 0 Å². The van der Waals surface area contributed by atoms with Gasteiger partial charge in [-0.3, -0.25) is 9.59 Å². The van der Waals surface area contributed by atoms with Gasteiger partial charge in [0.1, 0.15) is 5.41 Å². The molecule has 0 radical (unpaired) electrons. The molecule has 1 aliphatic heterocycles. The van der Waals surface area contributed by atoms with Crippen LogP contribution in [0.1, 0.15) is 25.7 Å². The summed E-state index contributed by atoms with van der Waals surface area (Å²) in [7, 11) is 1.36. The molecule has 1 atom stereocenters. The number of nitrogens with zero attached hydrogens (tertiary/aromatic N) is 2. The number of amides is 1. The van der Waals surface area contributed by atoms with Crippen molar-refractivity contribution in [2.75, 3.05) is 20.2 Å². The number of nitriles is 1. The second-order valence-corrected chi connectivity index (χ2v) is 4.81. The number of rotatable bonds is 2. The Morgan fingerprint density at radius 3 is 2.71 bits per heavy atom. The number of likely N-dealkylation sites (tertiary alicyclic amines) is 1. The normalized spacial score (nSPS) is 25.9. The third-order valence-corrected chi connectivity index (χ3v) is 3.62. The molecule has 1 amide bonds. The predicted molar refractivity (Wildman–Crippen MR) is 58.6 cm³/mol. The largest absolute Gasteiger partial charge is 0.469 e. The van der Waals surface area contributed by atoms with Crippen LogP contribution in [-0.4, -0.2) is 37.0 Å². The van der Waals surface area contributed by atoms with Gasteiger partial charge < -0.3 is 9.64 Å². The standard InChI is InChI=1S/C12H16N2O3/c1-17-10(15)9-3-2-6-14(7-9)11(16)12(8-13)4-5-12/h9H,2-7H2,1H3. The zero-order valence-electron chi connectivity index (χ0n) is 9.94. The van der Waals surface area contributed by atoms with E-state index in [9.17, 15) is 9.59 Å². The van der Waals surface area contributed by atoms with Crippen molar-refractivity contribution in [2.24, 2.45) is 11.3 Å². The second kappa shape index (κ2) is 4.36. The molecule has 1 unspecified atom stereocenters. The van der Waals surface area contributed by atoms with E-state index in [2.05, 4.69) is 6.07 Å². The number of carbonyl (C=O) groups excluding carboxylic acids is 2. The van der Waals surface area contributed by atoms with E-state index < -0.39 is 5.41 Å². The van der Waals surface area contributed by atoms with Crippen molar-refractivity contribution in [3.8, 4) is 6.07 Å². The van der Waals surface area contributed by atoms with E-state index in [-0.39, 0.29) is 17.8 Å². The van der Waals surface area contributed by atoms with E-state index in [0.717, 1.165) is 12.8 Å². The third-order valence-electron chi connectivity index (χ3n) is 3.62. The Labute approximate surface area is 100 Å². The van der Waals surface area contributed by atoms with E-state index in [1.165, 1.54) is 7.11 Å². The first-order chi connectivity index (χ1) is 8.13. The Balaban J connectivity index is 2.01. The molecule has 0 bridgehead atoms. The summed E-state index contributed by atoms with van der Waals surface area (Å²) in [5.74, 6) is -0.592. The lowest BCUT2D eigenvalue weighted by Crippen LogP contribution is -2.45. The van der Waals surface area contributed by atoms with E-state index in [4.69, 9.17) is 10.00 Å². The Hall–Kier alpha value is -1.57. The maximum Gasteiger partial charge on any atom is 0.310 e. The van der Waals surface area contributed by atoms with Crippen molar-refractivity contribution in [1.82, 2.24) is 4.90 Å². The maximum atomic E-state index is 12.1. The van der Waals surface area contributed by atoms with Gasteiger partial charge in [0.15, 0.2) is 0 Å². The summed E-state index contributed by atoms with van der Waals surface area (Å²) in [6.07, 6.45) is 2.87. The fourth-order valence-corrected chi connectivity index (χ4v) is 2.32. The molecule has 2 rings (SSSR count). The molecule has 2 aliphatic rings. The van der Waals surface area contributed by atoms with Crippen LogP contribution >= 0.6 is 0 Å². The third kappa shape index (κ3) is 2.12. The summed E-state index contributed by atoms with van der Waals surface area (Å²) in [6.45, 7) is 1.05. The quantitative estimate of drug-likeness (QED) is 0.662. The Morgan fingerprint density at radius 1 is 1.47 bits per heavy atom. The molecule has 0 spiro atoms. The average molecular weight is 236 g/mol. The first-order valence-electron chi connectivity index (χ1n) is 5.91. The Morgan fingerprint density at radius 2 is 2.18 bits per heavy atom. The molecule has 1 heterocycles. The Kier molecular flexibility index (Phi) is 3.05. The van der Waals surface area contributed by atoms with Gasteiger partial charge in [0.25, 0.3) is 0 Å². The molecule has 0 N–H and O–H groups in total. The van der Waals surface area contributed by atoms with E-state index in [0.29, 0.717) is 25.9 Å². The molecule has 1 aliphatic carbocycles. The highest BCUT2D eigenvalue weighted by Gasteiger charge is 2.53. The molecule has 1 saturated carbocycles. The van der Waals surface area contributed by atoms with Gasteiger partial charge in [-0.2, -0.15) is 5.26 Å². The first-order valence-corrected chi connectivity index (χ1v) is 5.91. The molecule has 5 nitrogen and oxygen atoms in total. The van der Waals surface area contributed by atoms with E-state index in [1.807, 2.05) is 0 Å². The van der Waals surface area contributed by atoms with Crippen LogP contribution in [-0.2, 0) is 14.3 Å². The summed E-state index contributed by atoms with van der Waals surface area (Å²) in [4.78, 5) is 25.2. The SMILES string of the molecule is COC(=O)C1CCCN(C(=O)C2(C#N)CC2)C1. The fourth-order valence-electron chi connectivity index (χ4n) is 2.32. The predicted octanol–water partition coefficient (Wildman–Crippen LogP) is 0.702. The van der Waals surface area contributed by atoms with Crippen LogP contribution in [0.4, 0.5) is 0 Å². The minimum Gasteiger partial charge on any atom is -0.469 e. The van der Waals surface area contributed by atoms with Gasteiger partial charge >= 0.3 is 5.97 Å². The lowest BCUT2D eigenvalue weighted by Gasteiger charge is -2.32. The summed E-state index contributed by atoms with van der Waals surface area (Å²) in [5.41, 5.74) is -0.780. The van der Waals surface area contributed by atoms with Gasteiger partial charge in [0, 0.05) is 13.1 Å².